The zero-order valence-electron chi connectivity index (χ0n) is 8.73. The van der Waals surface area contributed by atoms with E-state index in [-0.39, 0.29) is 0 Å². The lowest BCUT2D eigenvalue weighted by molar-refractivity contribution is 0.121. The Bertz CT molecular complexity index is 319. The van der Waals surface area contributed by atoms with E-state index in [2.05, 4.69) is 9.88 Å². The molecule has 0 radical (unpaired) electrons. The predicted octanol–water partition coefficient (Wildman–Crippen LogP) is 1.31. The van der Waals surface area contributed by atoms with E-state index in [1.807, 2.05) is 0 Å². The van der Waals surface area contributed by atoms with Gasteiger partial charge in [0.1, 0.15) is 5.82 Å². The average Bonchev–Trinajstić information content (AvgIpc) is 2.66. The number of aromatic nitrogens is 1. The molecule has 1 aliphatic rings. The van der Waals surface area contributed by atoms with Crippen LogP contribution in [-0.2, 0) is 4.74 Å². The van der Waals surface area contributed by atoms with Crippen LogP contribution in [0.25, 0.3) is 0 Å². The molecule has 0 saturated carbocycles. The number of ether oxygens (including phenoxy) is 1. The highest BCUT2D eigenvalue weighted by Gasteiger charge is 2.22. The van der Waals surface area contributed by atoms with Crippen LogP contribution in [0.15, 0.2) is 24.4 Å². The van der Waals surface area contributed by atoms with Gasteiger partial charge >= 0.3 is 0 Å². The van der Waals surface area contributed by atoms with Crippen molar-refractivity contribution in [2.45, 2.75) is 12.5 Å². The summed E-state index contributed by atoms with van der Waals surface area (Å²) >= 11 is 0. The van der Waals surface area contributed by atoms with E-state index < -0.39 is 0 Å². The van der Waals surface area contributed by atoms with Crippen molar-refractivity contribution in [1.29, 1.82) is 0 Å². The highest BCUT2D eigenvalue weighted by atomic mass is 16.5. The van der Waals surface area contributed by atoms with Gasteiger partial charge < -0.3 is 9.64 Å². The molecule has 1 atom stereocenters. The number of methoxy groups -OCH3 is 1. The zero-order valence-corrected chi connectivity index (χ0v) is 7.73. The Labute approximate surface area is 79.7 Å². The number of anilines is 1. The van der Waals surface area contributed by atoms with Crippen LogP contribution in [0, 0.1) is 0 Å². The smallest absolute Gasteiger partial charge is 0.128 e. The van der Waals surface area contributed by atoms with E-state index in [0.29, 0.717) is 12.1 Å². The molecule has 2 rings (SSSR count). The first-order chi connectivity index (χ1) is 6.79. The fourth-order valence-electron chi connectivity index (χ4n) is 1.62. The van der Waals surface area contributed by atoms with E-state index in [1.54, 1.807) is 25.4 Å². The van der Waals surface area contributed by atoms with Gasteiger partial charge in [-0.15, -0.1) is 0 Å². The third-order valence-electron chi connectivity index (χ3n) is 2.39. The molecule has 0 aromatic carbocycles. The summed E-state index contributed by atoms with van der Waals surface area (Å²) < 4.78 is 12.8. The second kappa shape index (κ2) is 3.75. The molecule has 2 heterocycles. The summed E-state index contributed by atoms with van der Waals surface area (Å²) in [5.74, 6) is 0.886. The van der Waals surface area contributed by atoms with Gasteiger partial charge in [0.15, 0.2) is 0 Å². The fourth-order valence-corrected chi connectivity index (χ4v) is 1.62. The van der Waals surface area contributed by atoms with E-state index in [0.717, 1.165) is 25.3 Å². The predicted molar refractivity (Wildman–Crippen MR) is 51.9 cm³/mol. The molecule has 70 valence electrons. The Morgan fingerprint density at radius 1 is 1.77 bits per heavy atom. The number of nitrogens with zero attached hydrogens (tertiary/aromatic N) is 2. The molecule has 1 aliphatic heterocycles. The standard InChI is InChI=1S/C10H14N2O/c1-13-9-5-7-12(8-9)10-4-2-3-6-11-10/h2-4,6,9H,5,7-8H2,1H3/i2D. The monoisotopic (exact) mass is 179 g/mol. The minimum Gasteiger partial charge on any atom is -0.380 e. The SMILES string of the molecule is [2H]c1ccnc(N2CCC(OC)C2)c1. The minimum absolute atomic E-state index is 0.311. The van der Waals surface area contributed by atoms with E-state index in [9.17, 15) is 0 Å². The number of hydrogen-bond donors (Lipinski definition) is 0. The zero-order chi connectivity index (χ0) is 9.97. The third-order valence-corrected chi connectivity index (χ3v) is 2.39. The van der Waals surface area contributed by atoms with Crippen molar-refractivity contribution in [2.24, 2.45) is 0 Å². The molecule has 0 N–H and O–H groups in total. The van der Waals surface area contributed by atoms with Crippen LogP contribution < -0.4 is 4.90 Å². The Kier molecular flexibility index (Phi) is 2.11. The van der Waals surface area contributed by atoms with Gasteiger partial charge in [-0.2, -0.15) is 0 Å². The van der Waals surface area contributed by atoms with Crippen molar-refractivity contribution >= 4 is 5.82 Å². The first-order valence-electron chi connectivity index (χ1n) is 5.00. The van der Waals surface area contributed by atoms with Gasteiger partial charge in [0.05, 0.1) is 7.47 Å². The Morgan fingerprint density at radius 3 is 3.38 bits per heavy atom. The maximum Gasteiger partial charge on any atom is 0.128 e. The van der Waals surface area contributed by atoms with Crippen LogP contribution in [0.1, 0.15) is 7.79 Å². The topological polar surface area (TPSA) is 25.4 Å². The molecule has 3 heteroatoms. The molecule has 0 aliphatic carbocycles. The lowest BCUT2D eigenvalue weighted by atomic mass is 10.3. The highest BCUT2D eigenvalue weighted by Crippen LogP contribution is 2.18. The number of hydrogen-bond acceptors (Lipinski definition) is 3. The van der Waals surface area contributed by atoms with Gasteiger partial charge in [0.25, 0.3) is 0 Å². The minimum atomic E-state index is 0.311. The second-order valence-electron chi connectivity index (χ2n) is 3.21. The maximum absolute atomic E-state index is 7.50. The molecule has 1 aromatic rings. The second-order valence-corrected chi connectivity index (χ2v) is 3.21. The quantitative estimate of drug-likeness (QED) is 0.684. The highest BCUT2D eigenvalue weighted by molar-refractivity contribution is 5.39. The van der Waals surface area contributed by atoms with Crippen molar-refractivity contribution in [3.63, 3.8) is 0 Å². The maximum atomic E-state index is 7.50. The van der Waals surface area contributed by atoms with Crippen molar-refractivity contribution in [3.05, 3.63) is 24.4 Å². The largest absolute Gasteiger partial charge is 0.380 e. The molecule has 1 saturated heterocycles. The van der Waals surface area contributed by atoms with Crippen LogP contribution >= 0.6 is 0 Å². The lowest BCUT2D eigenvalue weighted by Crippen LogP contribution is -2.22. The summed E-state index contributed by atoms with van der Waals surface area (Å²) in [7, 11) is 1.74. The summed E-state index contributed by atoms with van der Waals surface area (Å²) in [4.78, 5) is 6.40. The van der Waals surface area contributed by atoms with Crippen LogP contribution in [0.5, 0.6) is 0 Å². The van der Waals surface area contributed by atoms with Crippen LogP contribution in [0.3, 0.4) is 0 Å². The van der Waals surface area contributed by atoms with Crippen molar-refractivity contribution in [2.75, 3.05) is 25.1 Å². The van der Waals surface area contributed by atoms with E-state index in [4.69, 9.17) is 6.11 Å². The Balaban J connectivity index is 2.09. The molecular weight excluding hydrogens is 164 g/mol. The molecule has 1 fully saturated rings. The molecule has 1 aromatic heterocycles. The van der Waals surface area contributed by atoms with Gasteiger partial charge in [-0.05, 0) is 18.6 Å². The van der Waals surface area contributed by atoms with Gasteiger partial charge in [0.2, 0.25) is 0 Å². The van der Waals surface area contributed by atoms with Gasteiger partial charge in [-0.3, -0.25) is 0 Å². The van der Waals surface area contributed by atoms with Crippen LogP contribution in [0.4, 0.5) is 5.82 Å². The normalized spacial score (nSPS) is 23.3. The fraction of sp³-hybridized carbons (Fsp3) is 0.500. The van der Waals surface area contributed by atoms with E-state index in [1.165, 1.54) is 0 Å². The molecule has 0 bridgehead atoms. The van der Waals surface area contributed by atoms with Crippen LogP contribution in [0.2, 0.25) is 0 Å². The lowest BCUT2D eigenvalue weighted by Gasteiger charge is -2.16. The molecule has 3 nitrogen and oxygen atoms in total. The summed E-state index contributed by atoms with van der Waals surface area (Å²) in [6.07, 6.45) is 3.03. The van der Waals surface area contributed by atoms with Gasteiger partial charge in [-0.25, -0.2) is 4.98 Å². The summed E-state index contributed by atoms with van der Waals surface area (Å²) in [6, 6.07) is 3.99. The summed E-state index contributed by atoms with van der Waals surface area (Å²) in [5, 5.41) is 0. The van der Waals surface area contributed by atoms with Crippen LogP contribution in [-0.4, -0.2) is 31.3 Å². The Hall–Kier alpha value is -1.09. The average molecular weight is 179 g/mol. The summed E-state index contributed by atoms with van der Waals surface area (Å²) in [5.41, 5.74) is 0. The van der Waals surface area contributed by atoms with E-state index >= 15 is 0 Å². The van der Waals surface area contributed by atoms with Crippen molar-refractivity contribution in [3.8, 4) is 0 Å². The first kappa shape index (κ1) is 7.33. The Morgan fingerprint density at radius 2 is 2.69 bits per heavy atom. The first-order valence-corrected chi connectivity index (χ1v) is 4.50. The number of pyridine rings is 1. The summed E-state index contributed by atoms with van der Waals surface area (Å²) in [6.45, 7) is 1.85. The van der Waals surface area contributed by atoms with Gasteiger partial charge in [0, 0.05) is 26.4 Å². The van der Waals surface area contributed by atoms with Crippen molar-refractivity contribution in [1.82, 2.24) is 4.98 Å². The van der Waals surface area contributed by atoms with Crippen molar-refractivity contribution < 1.29 is 6.11 Å². The molecule has 0 amide bonds. The third kappa shape index (κ3) is 1.80. The molecule has 1 unspecified atom stereocenters. The van der Waals surface area contributed by atoms with Gasteiger partial charge in [-0.1, -0.05) is 6.04 Å². The molecule has 13 heavy (non-hydrogen) atoms. The molecule has 0 spiro atoms. The number of rotatable bonds is 2. The molecular formula is C10H14N2O.